The van der Waals surface area contributed by atoms with Crippen molar-refractivity contribution in [2.24, 2.45) is 0 Å². The van der Waals surface area contributed by atoms with E-state index >= 15 is 0 Å². The zero-order valence-electron chi connectivity index (χ0n) is 10.8. The summed E-state index contributed by atoms with van der Waals surface area (Å²) >= 11 is 0. The molecule has 0 aromatic heterocycles. The number of alkyl halides is 3. The molecule has 0 amide bonds. The third kappa shape index (κ3) is 3.52. The molecule has 22 heavy (non-hydrogen) atoms. The second-order valence-corrected chi connectivity index (χ2v) is 4.21. The van der Waals surface area contributed by atoms with E-state index in [1.165, 1.54) is 6.07 Å². The molecule has 0 N–H and O–H groups in total. The van der Waals surface area contributed by atoms with Gasteiger partial charge in [-0.05, 0) is 30.3 Å². The van der Waals surface area contributed by atoms with Gasteiger partial charge in [-0.1, -0.05) is 0 Å². The van der Waals surface area contributed by atoms with Crippen molar-refractivity contribution in [1.82, 2.24) is 0 Å². The van der Waals surface area contributed by atoms with Gasteiger partial charge in [-0.3, -0.25) is 10.1 Å². The van der Waals surface area contributed by atoms with E-state index in [0.29, 0.717) is 0 Å². The molecular weight excluding hydrogens is 301 g/mol. The molecule has 2 rings (SSSR count). The van der Waals surface area contributed by atoms with Gasteiger partial charge in [0, 0.05) is 6.07 Å². The summed E-state index contributed by atoms with van der Waals surface area (Å²) in [5.74, 6) is 0.0582. The van der Waals surface area contributed by atoms with Crippen molar-refractivity contribution in [1.29, 1.82) is 5.26 Å². The molecular formula is C14H7F3N2O3. The highest BCUT2D eigenvalue weighted by atomic mass is 19.4. The predicted octanol–water partition coefficient (Wildman–Crippen LogP) is 4.28. The summed E-state index contributed by atoms with van der Waals surface area (Å²) in [6.45, 7) is 0. The van der Waals surface area contributed by atoms with Crippen LogP contribution in [0.3, 0.4) is 0 Å². The molecule has 112 valence electrons. The summed E-state index contributed by atoms with van der Waals surface area (Å²) in [6.07, 6.45) is -4.46. The van der Waals surface area contributed by atoms with Crippen LogP contribution in [0.1, 0.15) is 11.1 Å². The van der Waals surface area contributed by atoms with Crippen molar-refractivity contribution in [2.75, 3.05) is 0 Å². The number of hydrogen-bond acceptors (Lipinski definition) is 4. The van der Waals surface area contributed by atoms with E-state index in [4.69, 9.17) is 10.00 Å². The van der Waals surface area contributed by atoms with E-state index < -0.39 is 16.7 Å². The van der Waals surface area contributed by atoms with Gasteiger partial charge in [-0.25, -0.2) is 0 Å². The van der Waals surface area contributed by atoms with Crippen LogP contribution in [0.25, 0.3) is 0 Å². The fourth-order valence-electron chi connectivity index (χ4n) is 1.66. The average molecular weight is 308 g/mol. The molecule has 0 spiro atoms. The standard InChI is InChI=1S/C14H7F3N2O3/c15-14(16,17)10-1-3-12(4-2-10)22-13-6-9(8-18)5-11(7-13)19(20)21/h1-7H. The first-order valence-electron chi connectivity index (χ1n) is 5.84. The van der Waals surface area contributed by atoms with Crippen molar-refractivity contribution in [3.05, 3.63) is 63.7 Å². The molecule has 0 unspecified atom stereocenters. The van der Waals surface area contributed by atoms with E-state index in [2.05, 4.69) is 0 Å². The van der Waals surface area contributed by atoms with Crippen LogP contribution in [0.2, 0.25) is 0 Å². The number of ether oxygens (including phenoxy) is 1. The van der Waals surface area contributed by atoms with Gasteiger partial charge >= 0.3 is 6.18 Å². The largest absolute Gasteiger partial charge is 0.457 e. The summed E-state index contributed by atoms with van der Waals surface area (Å²) in [5.41, 5.74) is -1.17. The highest BCUT2D eigenvalue weighted by Crippen LogP contribution is 2.32. The Hall–Kier alpha value is -3.08. The van der Waals surface area contributed by atoms with Crippen LogP contribution in [0.15, 0.2) is 42.5 Å². The second-order valence-electron chi connectivity index (χ2n) is 4.21. The topological polar surface area (TPSA) is 76.2 Å². The number of nitriles is 1. The van der Waals surface area contributed by atoms with Crippen molar-refractivity contribution in [3.63, 3.8) is 0 Å². The number of hydrogen-bond donors (Lipinski definition) is 0. The minimum atomic E-state index is -4.46. The SMILES string of the molecule is N#Cc1cc(Oc2ccc(C(F)(F)F)cc2)cc([N+](=O)[O-])c1. The highest BCUT2D eigenvalue weighted by Gasteiger charge is 2.30. The zero-order chi connectivity index (χ0) is 16.3. The lowest BCUT2D eigenvalue weighted by Crippen LogP contribution is -2.04. The van der Waals surface area contributed by atoms with E-state index in [9.17, 15) is 23.3 Å². The maximum Gasteiger partial charge on any atom is 0.416 e. The lowest BCUT2D eigenvalue weighted by atomic mass is 10.2. The number of rotatable bonds is 3. The van der Waals surface area contributed by atoms with Gasteiger partial charge in [0.25, 0.3) is 5.69 Å². The molecule has 2 aromatic carbocycles. The number of halogens is 3. The fraction of sp³-hybridized carbons (Fsp3) is 0.0714. The lowest BCUT2D eigenvalue weighted by Gasteiger charge is -2.09. The summed E-state index contributed by atoms with van der Waals surface area (Å²) in [6, 6.07) is 8.99. The molecule has 0 atom stereocenters. The van der Waals surface area contributed by atoms with Gasteiger partial charge in [0.15, 0.2) is 0 Å². The number of nitrogens with zero attached hydrogens (tertiary/aromatic N) is 2. The van der Waals surface area contributed by atoms with Crippen LogP contribution < -0.4 is 4.74 Å². The minimum Gasteiger partial charge on any atom is -0.457 e. The maximum absolute atomic E-state index is 12.4. The smallest absolute Gasteiger partial charge is 0.416 e. The fourth-order valence-corrected chi connectivity index (χ4v) is 1.66. The Morgan fingerprint density at radius 2 is 1.73 bits per heavy atom. The van der Waals surface area contributed by atoms with E-state index in [1.54, 1.807) is 6.07 Å². The molecule has 0 fully saturated rings. The van der Waals surface area contributed by atoms with Crippen LogP contribution in [0, 0.1) is 21.4 Å². The first-order chi connectivity index (χ1) is 10.3. The van der Waals surface area contributed by atoms with Crippen molar-refractivity contribution in [2.45, 2.75) is 6.18 Å². The normalized spacial score (nSPS) is 10.8. The Morgan fingerprint density at radius 1 is 1.09 bits per heavy atom. The van der Waals surface area contributed by atoms with Crippen molar-refractivity contribution < 1.29 is 22.8 Å². The molecule has 0 bridgehead atoms. The average Bonchev–Trinajstić information content (AvgIpc) is 2.46. The van der Waals surface area contributed by atoms with Gasteiger partial charge in [0.1, 0.15) is 11.5 Å². The minimum absolute atomic E-state index is 0.00879. The molecule has 2 aromatic rings. The van der Waals surface area contributed by atoms with Crippen molar-refractivity contribution in [3.8, 4) is 17.6 Å². The first-order valence-corrected chi connectivity index (χ1v) is 5.84. The second kappa shape index (κ2) is 5.73. The van der Waals surface area contributed by atoms with Gasteiger partial charge in [0.05, 0.1) is 28.2 Å². The summed E-state index contributed by atoms with van der Waals surface area (Å²) in [5, 5.41) is 19.6. The Labute approximate surface area is 122 Å². The maximum atomic E-state index is 12.4. The molecule has 0 saturated carbocycles. The zero-order valence-corrected chi connectivity index (χ0v) is 10.8. The van der Waals surface area contributed by atoms with Gasteiger partial charge in [0.2, 0.25) is 0 Å². The Bertz CT molecular complexity index is 749. The van der Waals surface area contributed by atoms with Crippen molar-refractivity contribution >= 4 is 5.69 Å². The molecule has 0 saturated heterocycles. The highest BCUT2D eigenvalue weighted by molar-refractivity contribution is 5.48. The molecule has 0 radical (unpaired) electrons. The van der Waals surface area contributed by atoms with Gasteiger partial charge in [-0.15, -0.1) is 0 Å². The molecule has 5 nitrogen and oxygen atoms in total. The summed E-state index contributed by atoms with van der Waals surface area (Å²) in [4.78, 5) is 10.1. The summed E-state index contributed by atoms with van der Waals surface area (Å²) < 4.78 is 42.6. The van der Waals surface area contributed by atoms with Crippen LogP contribution in [0.4, 0.5) is 18.9 Å². The molecule has 0 aliphatic rings. The molecule has 0 aliphatic heterocycles. The number of nitro groups is 1. The van der Waals surface area contributed by atoms with E-state index in [-0.39, 0.29) is 22.7 Å². The van der Waals surface area contributed by atoms with Crippen LogP contribution in [0.5, 0.6) is 11.5 Å². The van der Waals surface area contributed by atoms with E-state index in [0.717, 1.165) is 36.4 Å². The lowest BCUT2D eigenvalue weighted by molar-refractivity contribution is -0.384. The summed E-state index contributed by atoms with van der Waals surface area (Å²) in [7, 11) is 0. The Kier molecular flexibility index (Phi) is 3.99. The van der Waals surface area contributed by atoms with Crippen LogP contribution in [-0.2, 0) is 6.18 Å². The van der Waals surface area contributed by atoms with Gasteiger partial charge < -0.3 is 4.74 Å². The predicted molar refractivity (Wildman–Crippen MR) is 69.3 cm³/mol. The third-order valence-electron chi connectivity index (χ3n) is 2.65. The molecule has 0 heterocycles. The third-order valence-corrected chi connectivity index (χ3v) is 2.65. The number of benzene rings is 2. The molecule has 0 aliphatic carbocycles. The molecule has 8 heteroatoms. The Morgan fingerprint density at radius 3 is 2.23 bits per heavy atom. The quantitative estimate of drug-likeness (QED) is 0.626. The number of non-ortho nitro benzene ring substituents is 1. The van der Waals surface area contributed by atoms with E-state index in [1.807, 2.05) is 0 Å². The monoisotopic (exact) mass is 308 g/mol. The van der Waals surface area contributed by atoms with Crippen LogP contribution in [-0.4, -0.2) is 4.92 Å². The number of nitro benzene ring substituents is 1. The van der Waals surface area contributed by atoms with Crippen LogP contribution >= 0.6 is 0 Å². The Balaban J connectivity index is 2.29. The van der Waals surface area contributed by atoms with Gasteiger partial charge in [-0.2, -0.15) is 18.4 Å². The first kappa shape index (κ1) is 15.3.